The molecule has 7 rings (SSSR count). The monoisotopic (exact) mass is 731 g/mol. The second kappa shape index (κ2) is 13.3. The van der Waals surface area contributed by atoms with Crippen molar-refractivity contribution in [2.24, 2.45) is 23.7 Å². The summed E-state index contributed by atoms with van der Waals surface area (Å²) < 4.78 is 24.9. The molecule has 6 atom stereocenters. The van der Waals surface area contributed by atoms with Crippen LogP contribution in [0.15, 0.2) is 72.3 Å². The number of aromatic hydroxyl groups is 1. The molecule has 1 saturated carbocycles. The van der Waals surface area contributed by atoms with Crippen LogP contribution in [0, 0.1) is 29.5 Å². The molecule has 3 fully saturated rings. The third kappa shape index (κ3) is 5.37. The minimum absolute atomic E-state index is 0.0205. The Bertz CT molecular complexity index is 2000. The maximum atomic E-state index is 15.3. The van der Waals surface area contributed by atoms with E-state index in [0.29, 0.717) is 21.7 Å². The highest BCUT2D eigenvalue weighted by molar-refractivity contribution is 6.30. The maximum absolute atomic E-state index is 15.3. The average Bonchev–Trinajstić information content (AvgIpc) is 3.50. The molecular formula is C38H35ClFN3O9. The third-order valence-corrected chi connectivity index (χ3v) is 11.2. The van der Waals surface area contributed by atoms with Gasteiger partial charge in [-0.2, -0.15) is 5.01 Å². The molecule has 4 aliphatic rings. The molecule has 3 aromatic rings. The molecule has 12 nitrogen and oxygen atoms in total. The van der Waals surface area contributed by atoms with Crippen LogP contribution in [0.4, 0.5) is 10.1 Å². The van der Waals surface area contributed by atoms with Crippen LogP contribution in [0.2, 0.25) is 5.02 Å². The van der Waals surface area contributed by atoms with Crippen molar-refractivity contribution in [2.75, 3.05) is 26.2 Å². The van der Waals surface area contributed by atoms with Gasteiger partial charge < -0.3 is 19.7 Å². The van der Waals surface area contributed by atoms with Gasteiger partial charge in [0.1, 0.15) is 5.82 Å². The molecular weight excluding hydrogens is 697 g/mol. The molecule has 2 heterocycles. The van der Waals surface area contributed by atoms with E-state index in [4.69, 9.17) is 21.1 Å². The summed E-state index contributed by atoms with van der Waals surface area (Å²) in [6.07, 6.45) is 1.93. The van der Waals surface area contributed by atoms with Gasteiger partial charge in [-0.15, -0.1) is 0 Å². The summed E-state index contributed by atoms with van der Waals surface area (Å²) in [4.78, 5) is 70.2. The standard InChI is InChI=1S/C38H35ClFN3O9/c1-51-28-16-19(17-29(52-2)33(28)46)32-24-13-14-25-31(36(49)42(34(25)47)15-3-4-30(44)45)26(24)18-27-35(48)43(41-23-11-9-22(40)10-12-23)37(50)38(27,32)20-5-7-21(39)8-6-20/h5-13,16-17,25-27,31-32,41,46H,3-4,14-15,18H2,1-2H3,(H,44,45)/t25-,26+,27-,31-,32-,38+/m0/s1. The minimum atomic E-state index is -1.65. The van der Waals surface area contributed by atoms with Crippen LogP contribution in [0.1, 0.15) is 42.7 Å². The highest BCUT2D eigenvalue weighted by Gasteiger charge is 2.70. The summed E-state index contributed by atoms with van der Waals surface area (Å²) in [6.45, 7) is -0.0558. The molecule has 2 aliphatic carbocycles. The zero-order chi connectivity index (χ0) is 37.1. The Hall–Kier alpha value is -5.43. The number of hydrogen-bond acceptors (Lipinski definition) is 9. The van der Waals surface area contributed by atoms with E-state index in [-0.39, 0.29) is 55.2 Å². The SMILES string of the molecule is COc1cc([C@H]2C3=CC[C@@H]4C(=O)N(CCCC(=O)O)C(=O)[C@@H]4[C@@H]3C[C@H]3C(=O)N(Nc4ccc(F)cc4)C(=O)[C@@]23c2ccc(Cl)cc2)cc(OC)c1O. The van der Waals surface area contributed by atoms with Gasteiger partial charge in [-0.05, 0) is 84.8 Å². The number of likely N-dealkylation sites (tertiary alicyclic amines) is 1. The van der Waals surface area contributed by atoms with Crippen molar-refractivity contribution in [3.63, 3.8) is 0 Å². The van der Waals surface area contributed by atoms with Crippen LogP contribution in [0.5, 0.6) is 17.2 Å². The first kappa shape index (κ1) is 35.0. The molecule has 0 aromatic heterocycles. The summed E-state index contributed by atoms with van der Waals surface area (Å²) in [5.41, 5.74) is 3.09. The Kier molecular flexibility index (Phi) is 8.94. The van der Waals surface area contributed by atoms with E-state index in [9.17, 15) is 33.8 Å². The van der Waals surface area contributed by atoms with Gasteiger partial charge in [-0.25, -0.2) is 4.39 Å². The number of nitrogens with zero attached hydrogens (tertiary/aromatic N) is 2. The van der Waals surface area contributed by atoms with Crippen molar-refractivity contribution in [3.8, 4) is 17.2 Å². The fraction of sp³-hybridized carbons (Fsp3) is 0.342. The van der Waals surface area contributed by atoms with E-state index in [1.54, 1.807) is 36.4 Å². The lowest BCUT2D eigenvalue weighted by Gasteiger charge is -2.50. The number of anilines is 1. The predicted molar refractivity (Wildman–Crippen MR) is 184 cm³/mol. The van der Waals surface area contributed by atoms with Gasteiger partial charge in [-0.3, -0.25) is 34.3 Å². The Labute approximate surface area is 302 Å². The van der Waals surface area contributed by atoms with Crippen molar-refractivity contribution in [1.29, 1.82) is 0 Å². The van der Waals surface area contributed by atoms with Crippen LogP contribution in [-0.2, 0) is 29.4 Å². The summed E-state index contributed by atoms with van der Waals surface area (Å²) in [5, 5.41) is 21.4. The van der Waals surface area contributed by atoms with Gasteiger partial charge in [0, 0.05) is 23.9 Å². The Morgan fingerprint density at radius 2 is 1.62 bits per heavy atom. The van der Waals surface area contributed by atoms with Crippen LogP contribution >= 0.6 is 11.6 Å². The smallest absolute Gasteiger partial charge is 0.303 e. The van der Waals surface area contributed by atoms with E-state index in [0.717, 1.165) is 9.91 Å². The number of carboxylic acids is 1. The first-order valence-corrected chi connectivity index (χ1v) is 17.2. The number of aliphatic carboxylic acids is 1. The fourth-order valence-electron chi connectivity index (χ4n) is 8.78. The van der Waals surface area contributed by atoms with Gasteiger partial charge >= 0.3 is 5.97 Å². The number of allylic oxidation sites excluding steroid dienone is 2. The number of benzene rings is 3. The summed E-state index contributed by atoms with van der Waals surface area (Å²) >= 11 is 6.34. The number of imide groups is 2. The lowest BCUT2D eigenvalue weighted by molar-refractivity contribution is -0.142. The predicted octanol–water partition coefficient (Wildman–Crippen LogP) is 5.05. The van der Waals surface area contributed by atoms with Crippen molar-refractivity contribution < 1.29 is 48.0 Å². The van der Waals surface area contributed by atoms with Gasteiger partial charge in [0.25, 0.3) is 11.8 Å². The largest absolute Gasteiger partial charge is 0.502 e. The molecule has 0 spiro atoms. The molecule has 0 bridgehead atoms. The van der Waals surface area contributed by atoms with E-state index in [2.05, 4.69) is 5.43 Å². The van der Waals surface area contributed by atoms with Crippen molar-refractivity contribution in [3.05, 3.63) is 94.3 Å². The fourth-order valence-corrected chi connectivity index (χ4v) is 8.91. The third-order valence-electron chi connectivity index (χ3n) is 11.0. The summed E-state index contributed by atoms with van der Waals surface area (Å²) in [7, 11) is 2.73. The number of carbonyl (C=O) groups excluding carboxylic acids is 4. The molecule has 2 saturated heterocycles. The van der Waals surface area contributed by atoms with Crippen molar-refractivity contribution in [1.82, 2.24) is 9.91 Å². The van der Waals surface area contributed by atoms with E-state index in [1.807, 2.05) is 6.08 Å². The van der Waals surface area contributed by atoms with Gasteiger partial charge in [0.05, 0.1) is 43.1 Å². The molecule has 0 unspecified atom stereocenters. The van der Waals surface area contributed by atoms with Crippen molar-refractivity contribution in [2.45, 2.75) is 37.0 Å². The number of carboxylic acid groups (broad SMARTS) is 1. The molecule has 52 heavy (non-hydrogen) atoms. The van der Waals surface area contributed by atoms with Gasteiger partial charge in [0.2, 0.25) is 17.6 Å². The number of nitrogens with one attached hydrogen (secondary N) is 1. The first-order valence-electron chi connectivity index (χ1n) is 16.8. The maximum Gasteiger partial charge on any atom is 0.303 e. The Balaban J connectivity index is 1.44. The number of rotatable bonds is 10. The average molecular weight is 732 g/mol. The second-order valence-corrected chi connectivity index (χ2v) is 13.9. The molecule has 3 aromatic carbocycles. The zero-order valence-electron chi connectivity index (χ0n) is 28.2. The molecule has 14 heteroatoms. The number of amides is 4. The van der Waals surface area contributed by atoms with Crippen LogP contribution in [-0.4, -0.2) is 70.5 Å². The number of halogens is 2. The van der Waals surface area contributed by atoms with Crippen LogP contribution in [0.3, 0.4) is 0 Å². The number of fused-ring (bicyclic) bond motifs is 4. The molecule has 3 N–H and O–H groups in total. The van der Waals surface area contributed by atoms with Gasteiger partial charge in [0.15, 0.2) is 11.5 Å². The van der Waals surface area contributed by atoms with Gasteiger partial charge in [-0.1, -0.05) is 35.4 Å². The summed E-state index contributed by atoms with van der Waals surface area (Å²) in [5.74, 6) is -8.13. The number of ether oxygens (including phenoxy) is 2. The first-order chi connectivity index (χ1) is 24.9. The van der Waals surface area contributed by atoms with Crippen molar-refractivity contribution >= 4 is 46.9 Å². The lowest BCUT2D eigenvalue weighted by Crippen LogP contribution is -2.53. The molecule has 2 aliphatic heterocycles. The second-order valence-electron chi connectivity index (χ2n) is 13.5. The Morgan fingerprint density at radius 3 is 2.23 bits per heavy atom. The Morgan fingerprint density at radius 1 is 0.962 bits per heavy atom. The minimum Gasteiger partial charge on any atom is -0.502 e. The lowest BCUT2D eigenvalue weighted by atomic mass is 9.49. The van der Waals surface area contributed by atoms with Crippen LogP contribution < -0.4 is 14.9 Å². The highest BCUT2D eigenvalue weighted by atomic mass is 35.5. The topological polar surface area (TPSA) is 163 Å². The number of carbonyl (C=O) groups is 5. The normalized spacial score (nSPS) is 26.5. The number of methoxy groups -OCH3 is 2. The van der Waals surface area contributed by atoms with Crippen LogP contribution in [0.25, 0.3) is 0 Å². The molecule has 4 amide bonds. The number of phenols is 1. The number of hydrazine groups is 1. The number of hydrogen-bond donors (Lipinski definition) is 3. The van der Waals surface area contributed by atoms with E-state index >= 15 is 4.79 Å². The summed E-state index contributed by atoms with van der Waals surface area (Å²) in [6, 6.07) is 14.9. The molecule has 0 radical (unpaired) electrons. The highest BCUT2D eigenvalue weighted by Crippen LogP contribution is 2.64. The molecule has 270 valence electrons. The zero-order valence-corrected chi connectivity index (χ0v) is 28.9. The number of phenolic OH excluding ortho intramolecular Hbond substituents is 1. The van der Waals surface area contributed by atoms with E-state index < -0.39 is 70.4 Å². The van der Waals surface area contributed by atoms with E-state index in [1.165, 1.54) is 38.5 Å². The quantitative estimate of drug-likeness (QED) is 0.190.